The predicted octanol–water partition coefficient (Wildman–Crippen LogP) is 3.65. The van der Waals surface area contributed by atoms with E-state index in [-0.39, 0.29) is 0 Å². The molecule has 1 aliphatic rings. The zero-order chi connectivity index (χ0) is 12.1. The first-order chi connectivity index (χ1) is 8.29. The van der Waals surface area contributed by atoms with Crippen LogP contribution in [0.2, 0.25) is 0 Å². The van der Waals surface area contributed by atoms with Crippen molar-refractivity contribution in [3.63, 3.8) is 0 Å². The third-order valence-electron chi connectivity index (χ3n) is 3.30. The molecule has 2 heteroatoms. The minimum absolute atomic E-state index is 0.760. The Bertz CT molecular complexity index is 329. The van der Waals surface area contributed by atoms with E-state index >= 15 is 0 Å². The molecule has 0 amide bonds. The fourth-order valence-electron chi connectivity index (χ4n) is 2.13. The van der Waals surface area contributed by atoms with E-state index in [4.69, 9.17) is 0 Å². The van der Waals surface area contributed by atoms with E-state index in [0.29, 0.717) is 0 Å². The average molecular weight is 249 g/mol. The Morgan fingerprint density at radius 2 is 2.00 bits per heavy atom. The minimum atomic E-state index is 0.760. The molecule has 0 saturated heterocycles. The normalized spacial score (nSPS) is 17.1. The zero-order valence-corrected chi connectivity index (χ0v) is 11.7. The third-order valence-corrected chi connectivity index (χ3v) is 4.20. The summed E-state index contributed by atoms with van der Waals surface area (Å²) in [7, 11) is 0. The van der Waals surface area contributed by atoms with Crippen molar-refractivity contribution in [2.24, 2.45) is 5.92 Å². The molecule has 1 aromatic carbocycles. The van der Waals surface area contributed by atoms with Gasteiger partial charge in [-0.3, -0.25) is 0 Å². The largest absolute Gasteiger partial charge is 0.312 e. The molecular formula is C15H23NS. The molecule has 0 radical (unpaired) electrons. The smallest absolute Gasteiger partial charge is 0.0205 e. The second-order valence-electron chi connectivity index (χ2n) is 5.21. The van der Waals surface area contributed by atoms with Gasteiger partial charge in [-0.25, -0.2) is 0 Å². The summed E-state index contributed by atoms with van der Waals surface area (Å²) in [5.41, 5.74) is 2.94. The number of nitrogens with one attached hydrogen (secondary N) is 1. The van der Waals surface area contributed by atoms with Crippen molar-refractivity contribution in [2.75, 3.05) is 18.6 Å². The lowest BCUT2D eigenvalue weighted by atomic mass is 10.1. The molecule has 1 atom stereocenters. The fraction of sp³-hybridized carbons (Fsp3) is 0.600. The van der Waals surface area contributed by atoms with Crippen LogP contribution in [0.15, 0.2) is 24.3 Å². The summed E-state index contributed by atoms with van der Waals surface area (Å²) >= 11 is 1.93. The van der Waals surface area contributed by atoms with Crippen LogP contribution in [0.1, 0.15) is 36.8 Å². The molecule has 1 aliphatic carbocycles. The molecule has 1 nitrogen and oxygen atoms in total. The first-order valence-electron chi connectivity index (χ1n) is 6.58. The Morgan fingerprint density at radius 1 is 1.29 bits per heavy atom. The first kappa shape index (κ1) is 13.0. The highest BCUT2D eigenvalue weighted by Crippen LogP contribution is 2.39. The van der Waals surface area contributed by atoms with Crippen LogP contribution in [0.3, 0.4) is 0 Å². The molecule has 1 saturated carbocycles. The Hall–Kier alpha value is -0.470. The topological polar surface area (TPSA) is 12.0 Å². The van der Waals surface area contributed by atoms with Crippen molar-refractivity contribution in [2.45, 2.75) is 32.2 Å². The molecule has 17 heavy (non-hydrogen) atoms. The lowest BCUT2D eigenvalue weighted by Gasteiger charge is -2.11. The molecule has 0 spiro atoms. The number of hydrogen-bond donors (Lipinski definition) is 1. The third kappa shape index (κ3) is 4.36. The summed E-state index contributed by atoms with van der Waals surface area (Å²) in [5, 5.41) is 3.54. The van der Waals surface area contributed by atoms with Crippen molar-refractivity contribution in [1.82, 2.24) is 5.32 Å². The summed E-state index contributed by atoms with van der Waals surface area (Å²) in [6.07, 6.45) is 4.96. The Labute approximate surface area is 109 Å². The van der Waals surface area contributed by atoms with Crippen molar-refractivity contribution >= 4 is 11.8 Å². The van der Waals surface area contributed by atoms with Crippen molar-refractivity contribution in [3.05, 3.63) is 35.4 Å². The highest BCUT2D eigenvalue weighted by atomic mass is 32.2. The van der Waals surface area contributed by atoms with E-state index in [2.05, 4.69) is 42.8 Å². The highest BCUT2D eigenvalue weighted by Gasteiger charge is 2.22. The van der Waals surface area contributed by atoms with Crippen LogP contribution in [-0.2, 0) is 6.54 Å². The summed E-state index contributed by atoms with van der Waals surface area (Å²) < 4.78 is 0. The SMILES string of the molecule is CSCC(C)CNCc1ccc(C2CC2)cc1. The zero-order valence-electron chi connectivity index (χ0n) is 10.9. The van der Waals surface area contributed by atoms with Crippen LogP contribution in [0, 0.1) is 5.92 Å². The van der Waals surface area contributed by atoms with Crippen molar-refractivity contribution in [3.8, 4) is 0 Å². The molecule has 1 unspecified atom stereocenters. The number of thioether (sulfide) groups is 1. The summed E-state index contributed by atoms with van der Waals surface area (Å²) in [6, 6.07) is 9.17. The van der Waals surface area contributed by atoms with Crippen LogP contribution in [0.4, 0.5) is 0 Å². The average Bonchev–Trinajstić information content (AvgIpc) is 3.14. The standard InChI is InChI=1S/C15H23NS/c1-12(11-17-2)9-16-10-13-3-5-14(6-4-13)15-7-8-15/h3-6,12,15-16H,7-11H2,1-2H3. The first-order valence-corrected chi connectivity index (χ1v) is 7.97. The molecule has 1 N–H and O–H groups in total. The van der Waals surface area contributed by atoms with Crippen LogP contribution >= 0.6 is 11.8 Å². The second-order valence-corrected chi connectivity index (χ2v) is 6.12. The summed E-state index contributed by atoms with van der Waals surface area (Å²) in [4.78, 5) is 0. The van der Waals surface area contributed by atoms with Crippen LogP contribution < -0.4 is 5.32 Å². The number of hydrogen-bond acceptors (Lipinski definition) is 2. The fourth-order valence-corrected chi connectivity index (χ4v) is 2.82. The molecule has 0 aliphatic heterocycles. The maximum atomic E-state index is 3.54. The second kappa shape index (κ2) is 6.46. The Kier molecular flexibility index (Phi) is 4.93. The van der Waals surface area contributed by atoms with Crippen LogP contribution in [-0.4, -0.2) is 18.6 Å². The van der Waals surface area contributed by atoms with Gasteiger partial charge in [0.25, 0.3) is 0 Å². The molecule has 0 aromatic heterocycles. The molecule has 94 valence electrons. The Morgan fingerprint density at radius 3 is 2.59 bits per heavy atom. The van der Waals surface area contributed by atoms with Crippen LogP contribution in [0.5, 0.6) is 0 Å². The van der Waals surface area contributed by atoms with Gasteiger partial charge in [0.1, 0.15) is 0 Å². The Balaban J connectivity index is 1.71. The van der Waals surface area contributed by atoms with Crippen molar-refractivity contribution in [1.29, 1.82) is 0 Å². The van der Waals surface area contributed by atoms with Gasteiger partial charge in [0.2, 0.25) is 0 Å². The van der Waals surface area contributed by atoms with E-state index in [0.717, 1.165) is 24.9 Å². The van der Waals surface area contributed by atoms with Gasteiger partial charge < -0.3 is 5.32 Å². The maximum Gasteiger partial charge on any atom is 0.0205 e. The lowest BCUT2D eigenvalue weighted by Crippen LogP contribution is -2.21. The van der Waals surface area contributed by atoms with Crippen LogP contribution in [0.25, 0.3) is 0 Å². The van der Waals surface area contributed by atoms with Gasteiger partial charge in [0.15, 0.2) is 0 Å². The van der Waals surface area contributed by atoms with E-state index < -0.39 is 0 Å². The highest BCUT2D eigenvalue weighted by molar-refractivity contribution is 7.98. The van der Waals surface area contributed by atoms with Gasteiger partial charge in [-0.15, -0.1) is 0 Å². The molecule has 0 heterocycles. The number of benzene rings is 1. The van der Waals surface area contributed by atoms with E-state index in [1.807, 2.05) is 11.8 Å². The van der Waals surface area contributed by atoms with Gasteiger partial charge in [-0.05, 0) is 54.4 Å². The maximum absolute atomic E-state index is 3.54. The molecular weight excluding hydrogens is 226 g/mol. The molecule has 1 aromatic rings. The quantitative estimate of drug-likeness (QED) is 0.791. The van der Waals surface area contributed by atoms with Gasteiger partial charge >= 0.3 is 0 Å². The lowest BCUT2D eigenvalue weighted by molar-refractivity contribution is 0.559. The molecule has 0 bridgehead atoms. The summed E-state index contributed by atoms with van der Waals surface area (Å²) in [5.74, 6) is 2.88. The monoisotopic (exact) mass is 249 g/mol. The van der Waals surface area contributed by atoms with E-state index in [1.165, 1.54) is 29.7 Å². The molecule has 1 fully saturated rings. The van der Waals surface area contributed by atoms with Crippen molar-refractivity contribution < 1.29 is 0 Å². The van der Waals surface area contributed by atoms with Gasteiger partial charge in [-0.1, -0.05) is 31.2 Å². The summed E-state index contributed by atoms with van der Waals surface area (Å²) in [6.45, 7) is 4.43. The molecule has 2 rings (SSSR count). The van der Waals surface area contributed by atoms with Gasteiger partial charge in [-0.2, -0.15) is 11.8 Å². The van der Waals surface area contributed by atoms with E-state index in [9.17, 15) is 0 Å². The predicted molar refractivity (Wildman–Crippen MR) is 77.7 cm³/mol. The van der Waals surface area contributed by atoms with E-state index in [1.54, 1.807) is 0 Å². The van der Waals surface area contributed by atoms with Gasteiger partial charge in [0.05, 0.1) is 0 Å². The van der Waals surface area contributed by atoms with Gasteiger partial charge in [0, 0.05) is 6.54 Å². The minimum Gasteiger partial charge on any atom is -0.312 e. The number of rotatable bonds is 7.